The first-order valence-electron chi connectivity index (χ1n) is 6.04. The highest BCUT2D eigenvalue weighted by atomic mass is 35.5. The summed E-state index contributed by atoms with van der Waals surface area (Å²) in [6.07, 6.45) is 0. The van der Waals surface area contributed by atoms with Gasteiger partial charge in [-0.3, -0.25) is 0 Å². The van der Waals surface area contributed by atoms with Crippen molar-refractivity contribution in [1.82, 2.24) is 10.1 Å². The van der Waals surface area contributed by atoms with Crippen molar-refractivity contribution in [2.75, 3.05) is 0 Å². The molecule has 0 aliphatic carbocycles. The molecule has 1 aromatic heterocycles. The zero-order valence-corrected chi connectivity index (χ0v) is 11.4. The number of hydrogen-bond donors (Lipinski definition) is 1. The predicted octanol–water partition coefficient (Wildman–Crippen LogP) is 4.07. The predicted molar refractivity (Wildman–Crippen MR) is 76.6 cm³/mol. The van der Waals surface area contributed by atoms with E-state index in [9.17, 15) is 5.11 Å². The van der Waals surface area contributed by atoms with Crippen molar-refractivity contribution in [3.05, 3.63) is 53.1 Å². The third-order valence-electron chi connectivity index (χ3n) is 2.98. The minimum absolute atomic E-state index is 0.236. The van der Waals surface area contributed by atoms with Crippen molar-refractivity contribution < 1.29 is 9.63 Å². The maximum absolute atomic E-state index is 9.53. The molecule has 1 N–H and O–H groups in total. The Labute approximate surface area is 120 Å². The molecule has 1 heterocycles. The second kappa shape index (κ2) is 4.98. The van der Waals surface area contributed by atoms with E-state index < -0.39 is 0 Å². The zero-order chi connectivity index (χ0) is 14.1. The van der Waals surface area contributed by atoms with Gasteiger partial charge in [-0.2, -0.15) is 4.98 Å². The molecule has 0 saturated heterocycles. The van der Waals surface area contributed by atoms with Gasteiger partial charge in [0.15, 0.2) is 0 Å². The molecule has 0 aliphatic rings. The highest BCUT2D eigenvalue weighted by Crippen LogP contribution is 2.29. The number of halogens is 1. The number of aromatic nitrogens is 2. The summed E-state index contributed by atoms with van der Waals surface area (Å²) in [7, 11) is 0. The average Bonchev–Trinajstić information content (AvgIpc) is 2.92. The van der Waals surface area contributed by atoms with E-state index in [2.05, 4.69) is 10.1 Å². The van der Waals surface area contributed by atoms with Gasteiger partial charge in [-0.15, -0.1) is 0 Å². The normalized spacial score (nSPS) is 10.7. The van der Waals surface area contributed by atoms with E-state index >= 15 is 0 Å². The van der Waals surface area contributed by atoms with Crippen LogP contribution < -0.4 is 0 Å². The van der Waals surface area contributed by atoms with Gasteiger partial charge in [0.2, 0.25) is 5.82 Å². The molecule has 0 aliphatic heterocycles. The van der Waals surface area contributed by atoms with Crippen LogP contribution in [0.1, 0.15) is 5.56 Å². The van der Waals surface area contributed by atoms with Crippen LogP contribution in [0.2, 0.25) is 5.02 Å². The molecule has 0 radical (unpaired) electrons. The van der Waals surface area contributed by atoms with Gasteiger partial charge in [0.1, 0.15) is 5.75 Å². The smallest absolute Gasteiger partial charge is 0.258 e. The molecule has 3 aromatic rings. The molecule has 0 fully saturated rings. The second-order valence-corrected chi connectivity index (χ2v) is 4.81. The molecule has 5 heteroatoms. The number of aromatic hydroxyl groups is 1. The lowest BCUT2D eigenvalue weighted by Gasteiger charge is -1.99. The molecule has 20 heavy (non-hydrogen) atoms. The summed E-state index contributed by atoms with van der Waals surface area (Å²) in [6.45, 7) is 1.81. The van der Waals surface area contributed by atoms with E-state index in [1.54, 1.807) is 24.3 Å². The molecule has 0 amide bonds. The lowest BCUT2D eigenvalue weighted by atomic mass is 10.1. The summed E-state index contributed by atoms with van der Waals surface area (Å²) in [5.74, 6) is 1.07. The van der Waals surface area contributed by atoms with Crippen molar-refractivity contribution in [3.8, 4) is 28.6 Å². The third-order valence-corrected chi connectivity index (χ3v) is 3.31. The molecule has 2 aromatic carbocycles. The van der Waals surface area contributed by atoms with Gasteiger partial charge < -0.3 is 9.63 Å². The van der Waals surface area contributed by atoms with Crippen molar-refractivity contribution in [3.63, 3.8) is 0 Å². The Morgan fingerprint density at radius 1 is 1.15 bits per heavy atom. The quantitative estimate of drug-likeness (QED) is 0.771. The standard InChI is InChI=1S/C15H11ClN2O2/c1-9-8-10(6-7-13(9)19)15-17-14(18-20-15)11-4-2-3-5-12(11)16/h2-8,19H,1H3. The van der Waals surface area contributed by atoms with E-state index in [1.807, 2.05) is 25.1 Å². The fraction of sp³-hybridized carbons (Fsp3) is 0.0667. The maximum atomic E-state index is 9.53. The summed E-state index contributed by atoms with van der Waals surface area (Å²) >= 11 is 6.11. The molecular weight excluding hydrogens is 276 g/mol. The highest BCUT2D eigenvalue weighted by molar-refractivity contribution is 6.33. The Balaban J connectivity index is 2.02. The van der Waals surface area contributed by atoms with Crippen LogP contribution in [0.15, 0.2) is 47.0 Å². The first-order chi connectivity index (χ1) is 9.65. The third kappa shape index (κ3) is 2.26. The van der Waals surface area contributed by atoms with Crippen molar-refractivity contribution in [2.24, 2.45) is 0 Å². The minimum Gasteiger partial charge on any atom is -0.508 e. The van der Waals surface area contributed by atoms with Gasteiger partial charge >= 0.3 is 0 Å². The number of phenols is 1. The molecular formula is C15H11ClN2O2. The molecule has 0 unspecified atom stereocenters. The van der Waals surface area contributed by atoms with Crippen LogP contribution in [0, 0.1) is 6.92 Å². The number of hydrogen-bond acceptors (Lipinski definition) is 4. The molecule has 0 atom stereocenters. The largest absolute Gasteiger partial charge is 0.508 e. The number of nitrogens with zero attached hydrogens (tertiary/aromatic N) is 2. The van der Waals surface area contributed by atoms with Gasteiger partial charge in [0, 0.05) is 11.1 Å². The number of aryl methyl sites for hydroxylation is 1. The van der Waals surface area contributed by atoms with Crippen molar-refractivity contribution in [2.45, 2.75) is 6.92 Å². The molecule has 100 valence electrons. The first-order valence-corrected chi connectivity index (χ1v) is 6.41. The Morgan fingerprint density at radius 2 is 1.95 bits per heavy atom. The highest BCUT2D eigenvalue weighted by Gasteiger charge is 2.13. The van der Waals surface area contributed by atoms with Gasteiger partial charge in [0.25, 0.3) is 5.89 Å². The fourth-order valence-electron chi connectivity index (χ4n) is 1.88. The van der Waals surface area contributed by atoms with Gasteiger partial charge in [-0.1, -0.05) is 28.9 Å². The number of benzene rings is 2. The van der Waals surface area contributed by atoms with Crippen LogP contribution in [-0.4, -0.2) is 15.2 Å². The van der Waals surface area contributed by atoms with Crippen molar-refractivity contribution >= 4 is 11.6 Å². The summed E-state index contributed by atoms with van der Waals surface area (Å²) in [5, 5.41) is 14.0. The summed E-state index contributed by atoms with van der Waals surface area (Å²) < 4.78 is 5.25. The van der Waals surface area contributed by atoms with Crippen LogP contribution in [0.5, 0.6) is 5.75 Å². The Bertz CT molecular complexity index is 768. The molecule has 4 nitrogen and oxygen atoms in total. The number of rotatable bonds is 2. The zero-order valence-electron chi connectivity index (χ0n) is 10.7. The average molecular weight is 287 g/mol. The minimum atomic E-state index is 0.236. The summed E-state index contributed by atoms with van der Waals surface area (Å²) in [5.41, 5.74) is 2.23. The van der Waals surface area contributed by atoms with Crippen LogP contribution in [0.3, 0.4) is 0 Å². The topological polar surface area (TPSA) is 59.2 Å². The second-order valence-electron chi connectivity index (χ2n) is 4.40. The fourth-order valence-corrected chi connectivity index (χ4v) is 2.10. The molecule has 0 saturated carbocycles. The lowest BCUT2D eigenvalue weighted by Crippen LogP contribution is -1.83. The van der Waals surface area contributed by atoms with E-state index in [0.29, 0.717) is 16.7 Å². The number of phenolic OH excluding ortho intramolecular Hbond substituents is 1. The monoisotopic (exact) mass is 286 g/mol. The first kappa shape index (κ1) is 12.7. The van der Waals surface area contributed by atoms with Crippen molar-refractivity contribution in [1.29, 1.82) is 0 Å². The SMILES string of the molecule is Cc1cc(-c2nc(-c3ccccc3Cl)no2)ccc1O. The van der Waals surface area contributed by atoms with Crippen LogP contribution in [0.25, 0.3) is 22.8 Å². The van der Waals surface area contributed by atoms with E-state index in [0.717, 1.165) is 16.7 Å². The van der Waals surface area contributed by atoms with E-state index in [4.69, 9.17) is 16.1 Å². The summed E-state index contributed by atoms with van der Waals surface area (Å²) in [4.78, 5) is 4.34. The molecule has 3 rings (SSSR count). The molecule has 0 spiro atoms. The van der Waals surface area contributed by atoms with Crippen LogP contribution in [0.4, 0.5) is 0 Å². The summed E-state index contributed by atoms with van der Waals surface area (Å²) in [6, 6.07) is 12.4. The molecule has 0 bridgehead atoms. The van der Waals surface area contributed by atoms with Crippen LogP contribution in [-0.2, 0) is 0 Å². The van der Waals surface area contributed by atoms with Gasteiger partial charge in [-0.05, 0) is 42.8 Å². The maximum Gasteiger partial charge on any atom is 0.258 e. The Kier molecular flexibility index (Phi) is 3.16. The Morgan fingerprint density at radius 3 is 2.70 bits per heavy atom. The lowest BCUT2D eigenvalue weighted by molar-refractivity contribution is 0.432. The van der Waals surface area contributed by atoms with E-state index in [1.165, 1.54) is 0 Å². The van der Waals surface area contributed by atoms with E-state index in [-0.39, 0.29) is 5.75 Å². The van der Waals surface area contributed by atoms with Crippen LogP contribution >= 0.6 is 11.6 Å². The van der Waals surface area contributed by atoms with Gasteiger partial charge in [0.05, 0.1) is 5.02 Å². The van der Waals surface area contributed by atoms with Gasteiger partial charge in [-0.25, -0.2) is 0 Å². The Hall–Kier alpha value is -2.33.